The van der Waals surface area contributed by atoms with Gasteiger partial charge in [-0.15, -0.1) is 0 Å². The summed E-state index contributed by atoms with van der Waals surface area (Å²) in [6.45, 7) is 0. The smallest absolute Gasteiger partial charge is 0.338 e. The fraction of sp³-hybridized carbons (Fsp3) is 0. The molecule has 76 valence electrons. The molecule has 3 aromatic rings. The third-order valence-electron chi connectivity index (χ3n) is 2.48. The highest BCUT2D eigenvalue weighted by Crippen LogP contribution is 2.22. The van der Waals surface area contributed by atoms with Crippen LogP contribution >= 0.6 is 0 Å². The number of hydrogen-bond donors (Lipinski definition) is 1. The highest BCUT2D eigenvalue weighted by molar-refractivity contribution is 6.03. The number of aromatic nitrogens is 2. The lowest BCUT2D eigenvalue weighted by Gasteiger charge is -1.98. The Balaban J connectivity index is 2.64. The number of nitrogens with zero attached hydrogens (tertiary/aromatic N) is 2. The molecular formula is C11H5N3O2. The summed E-state index contributed by atoms with van der Waals surface area (Å²) < 4.78 is 4.69. The Morgan fingerprint density at radius 1 is 1.38 bits per heavy atom. The van der Waals surface area contributed by atoms with Crippen LogP contribution in [0.2, 0.25) is 0 Å². The second-order valence-corrected chi connectivity index (χ2v) is 3.35. The minimum Gasteiger partial charge on any atom is -0.338 e. The lowest BCUT2D eigenvalue weighted by Crippen LogP contribution is -1.92. The average Bonchev–Trinajstić information content (AvgIpc) is 2.70. The number of para-hydroxylation sites is 1. The van der Waals surface area contributed by atoms with Gasteiger partial charge in [-0.1, -0.05) is 12.1 Å². The molecule has 0 aliphatic carbocycles. The van der Waals surface area contributed by atoms with Crippen LogP contribution in [0, 0.1) is 11.3 Å². The van der Waals surface area contributed by atoms with Crippen LogP contribution in [0.1, 0.15) is 5.56 Å². The maximum Gasteiger partial charge on any atom is 0.366 e. The summed E-state index contributed by atoms with van der Waals surface area (Å²) >= 11 is 0. The van der Waals surface area contributed by atoms with Crippen LogP contribution in [0.25, 0.3) is 21.8 Å². The van der Waals surface area contributed by atoms with Crippen molar-refractivity contribution in [1.29, 1.82) is 5.26 Å². The van der Waals surface area contributed by atoms with E-state index in [9.17, 15) is 4.79 Å². The molecular weight excluding hydrogens is 206 g/mol. The Labute approximate surface area is 88.9 Å². The fourth-order valence-electron chi connectivity index (χ4n) is 1.73. The number of benzene rings is 1. The average molecular weight is 211 g/mol. The fourth-order valence-corrected chi connectivity index (χ4v) is 1.73. The second kappa shape index (κ2) is 2.94. The number of rotatable bonds is 0. The third kappa shape index (κ3) is 0.982. The number of H-pyrrole nitrogens is 1. The highest BCUT2D eigenvalue weighted by atomic mass is 16.5. The summed E-state index contributed by atoms with van der Waals surface area (Å²) in [6, 6.07) is 7.27. The molecule has 5 heteroatoms. The molecule has 0 radical (unpaired) electrons. The Kier molecular flexibility index (Phi) is 1.59. The van der Waals surface area contributed by atoms with Gasteiger partial charge >= 0.3 is 5.63 Å². The van der Waals surface area contributed by atoms with Crippen LogP contribution in [0.5, 0.6) is 0 Å². The maximum absolute atomic E-state index is 11.3. The van der Waals surface area contributed by atoms with E-state index in [1.54, 1.807) is 18.2 Å². The second-order valence-electron chi connectivity index (χ2n) is 3.35. The summed E-state index contributed by atoms with van der Waals surface area (Å²) in [6.07, 6.45) is 1.42. The van der Waals surface area contributed by atoms with Crippen molar-refractivity contribution >= 4 is 21.8 Å². The van der Waals surface area contributed by atoms with Crippen molar-refractivity contribution in [2.75, 3.05) is 0 Å². The van der Waals surface area contributed by atoms with Crippen LogP contribution in [-0.4, -0.2) is 10.1 Å². The summed E-state index contributed by atoms with van der Waals surface area (Å²) in [5.41, 5.74) is 1.16. The molecule has 0 atom stereocenters. The van der Waals surface area contributed by atoms with Gasteiger partial charge in [0.15, 0.2) is 0 Å². The van der Waals surface area contributed by atoms with Gasteiger partial charge in [-0.25, -0.2) is 9.95 Å². The van der Waals surface area contributed by atoms with Gasteiger partial charge in [0.2, 0.25) is 0 Å². The van der Waals surface area contributed by atoms with Gasteiger partial charge in [0, 0.05) is 11.6 Å². The predicted octanol–water partition coefficient (Wildman–Crippen LogP) is 1.54. The molecule has 0 amide bonds. The Morgan fingerprint density at radius 3 is 3.06 bits per heavy atom. The lowest BCUT2D eigenvalue weighted by atomic mass is 10.1. The topological polar surface area (TPSA) is 82.7 Å². The minimum atomic E-state index is -0.452. The third-order valence-corrected chi connectivity index (χ3v) is 2.48. The summed E-state index contributed by atoms with van der Waals surface area (Å²) in [5.74, 6) is 0. The van der Waals surface area contributed by atoms with E-state index in [2.05, 4.69) is 16.2 Å². The number of nitrogens with one attached hydrogen (secondary N) is 1. The van der Waals surface area contributed by atoms with Crippen molar-refractivity contribution in [2.24, 2.45) is 0 Å². The molecule has 1 N–H and O–H groups in total. The molecule has 0 aliphatic rings. The van der Waals surface area contributed by atoms with E-state index in [1.165, 1.54) is 6.20 Å². The van der Waals surface area contributed by atoms with E-state index in [-0.39, 0.29) is 0 Å². The summed E-state index contributed by atoms with van der Waals surface area (Å²) in [4.78, 5) is 15.4. The van der Waals surface area contributed by atoms with Crippen LogP contribution in [-0.2, 0) is 0 Å². The standard InChI is InChI=1S/C11H5N3O2/c12-4-6-2-1-3-7-9(6)13-5-8-10(7)14-16-11(8)15/h1-3,5,14H. The zero-order valence-electron chi connectivity index (χ0n) is 8.02. The number of hydrogen-bond acceptors (Lipinski definition) is 4. The predicted molar refractivity (Wildman–Crippen MR) is 56.9 cm³/mol. The van der Waals surface area contributed by atoms with Crippen LogP contribution < -0.4 is 5.63 Å². The summed E-state index contributed by atoms with van der Waals surface area (Å²) in [5, 5.41) is 12.6. The van der Waals surface area contributed by atoms with Crippen molar-refractivity contribution in [3.63, 3.8) is 0 Å². The molecule has 0 fully saturated rings. The molecule has 1 aromatic carbocycles. The van der Waals surface area contributed by atoms with Crippen molar-refractivity contribution in [2.45, 2.75) is 0 Å². The Morgan fingerprint density at radius 2 is 2.25 bits per heavy atom. The quantitative estimate of drug-likeness (QED) is 0.611. The van der Waals surface area contributed by atoms with E-state index < -0.39 is 5.63 Å². The first-order valence-corrected chi connectivity index (χ1v) is 4.60. The molecule has 0 spiro atoms. The zero-order valence-corrected chi connectivity index (χ0v) is 8.02. The van der Waals surface area contributed by atoms with Crippen molar-refractivity contribution in [3.8, 4) is 6.07 Å². The number of fused-ring (bicyclic) bond motifs is 3. The minimum absolute atomic E-state index is 0.391. The van der Waals surface area contributed by atoms with Crippen molar-refractivity contribution < 1.29 is 4.52 Å². The number of pyridine rings is 1. The van der Waals surface area contributed by atoms with Crippen molar-refractivity contribution in [1.82, 2.24) is 10.1 Å². The zero-order chi connectivity index (χ0) is 11.1. The summed E-state index contributed by atoms with van der Waals surface area (Å²) in [7, 11) is 0. The van der Waals surface area contributed by atoms with Crippen LogP contribution in [0.3, 0.4) is 0 Å². The molecule has 16 heavy (non-hydrogen) atoms. The maximum atomic E-state index is 11.3. The normalized spacial score (nSPS) is 10.7. The van der Waals surface area contributed by atoms with E-state index >= 15 is 0 Å². The van der Waals surface area contributed by atoms with E-state index in [0.717, 1.165) is 0 Å². The SMILES string of the molecule is N#Cc1cccc2c1ncc1c(=O)o[nH]c12. The van der Waals surface area contributed by atoms with Gasteiger partial charge < -0.3 is 4.52 Å². The van der Waals surface area contributed by atoms with Crippen LogP contribution in [0.4, 0.5) is 0 Å². The lowest BCUT2D eigenvalue weighted by molar-refractivity contribution is 0.400. The Hall–Kier alpha value is -2.61. The molecule has 2 aromatic heterocycles. The van der Waals surface area contributed by atoms with E-state index in [4.69, 9.17) is 9.78 Å². The van der Waals surface area contributed by atoms with Crippen LogP contribution in [0.15, 0.2) is 33.7 Å². The van der Waals surface area contributed by atoms with E-state index in [1.807, 2.05) is 0 Å². The molecule has 5 nitrogen and oxygen atoms in total. The first-order chi connectivity index (χ1) is 7.81. The Bertz CT molecular complexity index is 792. The molecule has 0 aliphatic heterocycles. The monoisotopic (exact) mass is 211 g/mol. The highest BCUT2D eigenvalue weighted by Gasteiger charge is 2.10. The number of aromatic amines is 1. The molecule has 3 rings (SSSR count). The van der Waals surface area contributed by atoms with Gasteiger partial charge in [0.25, 0.3) is 0 Å². The molecule has 0 bridgehead atoms. The molecule has 0 saturated heterocycles. The van der Waals surface area contributed by atoms with Gasteiger partial charge in [-0.05, 0) is 6.07 Å². The number of nitriles is 1. The van der Waals surface area contributed by atoms with Gasteiger partial charge in [0.05, 0.1) is 16.6 Å². The molecule has 2 heterocycles. The van der Waals surface area contributed by atoms with Crippen molar-refractivity contribution in [3.05, 3.63) is 40.4 Å². The van der Waals surface area contributed by atoms with E-state index in [0.29, 0.717) is 27.4 Å². The first-order valence-electron chi connectivity index (χ1n) is 4.60. The van der Waals surface area contributed by atoms with Gasteiger partial charge in [0.1, 0.15) is 11.5 Å². The molecule has 0 saturated carbocycles. The van der Waals surface area contributed by atoms with Gasteiger partial charge in [-0.3, -0.25) is 4.98 Å². The first kappa shape index (κ1) is 8.68. The molecule has 0 unspecified atom stereocenters. The van der Waals surface area contributed by atoms with Gasteiger partial charge in [-0.2, -0.15) is 5.26 Å². The largest absolute Gasteiger partial charge is 0.366 e.